The van der Waals surface area contributed by atoms with E-state index in [1.54, 1.807) is 48.5 Å². The second kappa shape index (κ2) is 7.49. The molecule has 112 valence electrons. The molecule has 0 aromatic heterocycles. The second-order valence-electron chi connectivity index (χ2n) is 4.40. The molecule has 0 aliphatic carbocycles. The highest BCUT2D eigenvalue weighted by Gasteiger charge is 2.03. The molecule has 0 spiro atoms. The molecule has 0 aliphatic heterocycles. The fourth-order valence-electron chi connectivity index (χ4n) is 1.74. The maximum absolute atomic E-state index is 11.3. The number of terminal acetylenes is 2. The highest BCUT2D eigenvalue weighted by molar-refractivity contribution is 6.09. The molecule has 2 aromatic carbocycles. The predicted molar refractivity (Wildman–Crippen MR) is 85.3 cm³/mol. The Morgan fingerprint density at radius 3 is 1.39 bits per heavy atom. The fourth-order valence-corrected chi connectivity index (χ4v) is 1.74. The van der Waals surface area contributed by atoms with Crippen molar-refractivity contribution < 1.29 is 19.1 Å². The van der Waals surface area contributed by atoms with Crippen molar-refractivity contribution in [2.45, 2.75) is 0 Å². The topological polar surface area (TPSA) is 52.6 Å². The minimum atomic E-state index is -0.380. The lowest BCUT2D eigenvalue weighted by Gasteiger charge is -2.09. The van der Waals surface area contributed by atoms with Crippen molar-refractivity contribution in [1.29, 1.82) is 0 Å². The molecule has 2 rings (SSSR count). The van der Waals surface area contributed by atoms with Crippen molar-refractivity contribution in [3.8, 4) is 36.2 Å². The molecule has 0 fully saturated rings. The first kappa shape index (κ1) is 15.9. The monoisotopic (exact) mass is 304 g/mol. The third kappa shape index (κ3) is 4.23. The van der Waals surface area contributed by atoms with Crippen molar-refractivity contribution in [3.05, 3.63) is 59.7 Å². The van der Waals surface area contributed by atoms with Crippen molar-refractivity contribution in [2.75, 3.05) is 6.79 Å². The van der Waals surface area contributed by atoms with E-state index in [1.165, 1.54) is 0 Å². The van der Waals surface area contributed by atoms with Crippen LogP contribution in [0.25, 0.3) is 0 Å². The molecule has 4 nitrogen and oxygen atoms in total. The molecular weight excluding hydrogens is 292 g/mol. The quantitative estimate of drug-likeness (QED) is 0.356. The van der Waals surface area contributed by atoms with Crippen LogP contribution in [-0.2, 0) is 0 Å². The zero-order valence-electron chi connectivity index (χ0n) is 12.1. The van der Waals surface area contributed by atoms with Crippen molar-refractivity contribution in [2.24, 2.45) is 0 Å². The van der Waals surface area contributed by atoms with Gasteiger partial charge in [-0.3, -0.25) is 9.59 Å². The van der Waals surface area contributed by atoms with E-state index in [-0.39, 0.29) is 18.4 Å². The maximum Gasteiger partial charge on any atom is 0.235 e. The average Bonchev–Trinajstić information content (AvgIpc) is 2.61. The van der Waals surface area contributed by atoms with Crippen LogP contribution in [-0.4, -0.2) is 18.4 Å². The van der Waals surface area contributed by atoms with Gasteiger partial charge < -0.3 is 9.47 Å². The fraction of sp³-hybridized carbons (Fsp3) is 0.0526. The van der Waals surface area contributed by atoms with E-state index in [9.17, 15) is 9.59 Å². The van der Waals surface area contributed by atoms with E-state index in [1.807, 2.05) is 11.8 Å². The van der Waals surface area contributed by atoms with Gasteiger partial charge in [0.1, 0.15) is 11.5 Å². The van der Waals surface area contributed by atoms with Gasteiger partial charge in [0, 0.05) is 11.1 Å². The van der Waals surface area contributed by atoms with Gasteiger partial charge in [0.05, 0.1) is 0 Å². The predicted octanol–water partition coefficient (Wildman–Crippen LogP) is 2.73. The van der Waals surface area contributed by atoms with Crippen LogP contribution in [0.3, 0.4) is 0 Å². The zero-order chi connectivity index (χ0) is 16.7. The van der Waals surface area contributed by atoms with Gasteiger partial charge in [0.25, 0.3) is 0 Å². The Morgan fingerprint density at radius 2 is 1.09 bits per heavy atom. The van der Waals surface area contributed by atoms with Gasteiger partial charge in [0.2, 0.25) is 18.4 Å². The Bertz CT molecular complexity index is 718. The van der Waals surface area contributed by atoms with Crippen molar-refractivity contribution in [1.82, 2.24) is 0 Å². The minimum absolute atomic E-state index is 0.0230. The molecule has 0 N–H and O–H groups in total. The first-order valence-corrected chi connectivity index (χ1v) is 6.61. The Kier molecular flexibility index (Phi) is 5.17. The van der Waals surface area contributed by atoms with Crippen LogP contribution in [0.1, 0.15) is 20.7 Å². The second-order valence-corrected chi connectivity index (χ2v) is 4.40. The summed E-state index contributed by atoms with van der Waals surface area (Å²) in [5.74, 6) is 4.40. The molecule has 0 aliphatic rings. The van der Waals surface area contributed by atoms with Gasteiger partial charge in [0.15, 0.2) is 0 Å². The number of ketones is 2. The third-order valence-corrected chi connectivity index (χ3v) is 2.95. The molecule has 0 unspecified atom stereocenters. The van der Waals surface area contributed by atoms with Crippen molar-refractivity contribution in [3.63, 3.8) is 0 Å². The van der Waals surface area contributed by atoms with Gasteiger partial charge in [-0.1, -0.05) is 0 Å². The smallest absolute Gasteiger partial charge is 0.235 e. The van der Waals surface area contributed by atoms with Gasteiger partial charge in [-0.25, -0.2) is 0 Å². The highest BCUT2D eigenvalue weighted by atomic mass is 16.7. The molecule has 0 atom stereocenters. The average molecular weight is 304 g/mol. The normalized spacial score (nSPS) is 9.30. The van der Waals surface area contributed by atoms with E-state index in [0.717, 1.165) is 0 Å². The molecule has 0 heterocycles. The number of carbonyl (C=O) groups excluding carboxylic acids is 2. The molecule has 0 bridgehead atoms. The minimum Gasteiger partial charge on any atom is -0.458 e. The Morgan fingerprint density at radius 1 is 0.739 bits per heavy atom. The lowest BCUT2D eigenvalue weighted by Crippen LogP contribution is -2.06. The molecule has 0 radical (unpaired) electrons. The first-order valence-electron chi connectivity index (χ1n) is 6.61. The number of hydrogen-bond acceptors (Lipinski definition) is 4. The van der Waals surface area contributed by atoms with Crippen molar-refractivity contribution >= 4 is 11.6 Å². The van der Waals surface area contributed by atoms with Crippen LogP contribution in [0, 0.1) is 24.7 Å². The van der Waals surface area contributed by atoms with Gasteiger partial charge in [-0.05, 0) is 60.4 Å². The number of hydrogen-bond donors (Lipinski definition) is 0. The summed E-state index contributed by atoms with van der Waals surface area (Å²) in [5, 5.41) is 0. The Hall–Kier alpha value is -3.50. The van der Waals surface area contributed by atoms with E-state index in [4.69, 9.17) is 22.3 Å². The first-order chi connectivity index (χ1) is 11.1. The van der Waals surface area contributed by atoms with E-state index in [2.05, 4.69) is 0 Å². The summed E-state index contributed by atoms with van der Waals surface area (Å²) in [7, 11) is 0. The Labute approximate surface area is 134 Å². The number of carbonyl (C=O) groups is 2. The highest BCUT2D eigenvalue weighted by Crippen LogP contribution is 2.15. The van der Waals surface area contributed by atoms with Gasteiger partial charge in [-0.2, -0.15) is 0 Å². The molecule has 23 heavy (non-hydrogen) atoms. The van der Waals surface area contributed by atoms with E-state index >= 15 is 0 Å². The van der Waals surface area contributed by atoms with Crippen LogP contribution >= 0.6 is 0 Å². The van der Waals surface area contributed by atoms with Crippen LogP contribution < -0.4 is 9.47 Å². The Balaban J connectivity index is 1.88. The van der Waals surface area contributed by atoms with Gasteiger partial charge in [-0.15, -0.1) is 12.8 Å². The summed E-state index contributed by atoms with van der Waals surface area (Å²) in [6.45, 7) is -0.0230. The van der Waals surface area contributed by atoms with E-state index < -0.39 is 0 Å². The summed E-state index contributed by atoms with van der Waals surface area (Å²) < 4.78 is 10.8. The lowest BCUT2D eigenvalue weighted by molar-refractivity contribution is 0.104. The molecular formula is C19H12O4. The summed E-state index contributed by atoms with van der Waals surface area (Å²) in [4.78, 5) is 22.6. The molecule has 4 heteroatoms. The number of benzene rings is 2. The van der Waals surface area contributed by atoms with Crippen LogP contribution in [0.4, 0.5) is 0 Å². The number of rotatable bonds is 6. The summed E-state index contributed by atoms with van der Waals surface area (Å²) in [6.07, 6.45) is 10.1. The molecule has 0 amide bonds. The number of Topliss-reactive ketones (excluding diaryl/α,β-unsaturated/α-hetero) is 2. The SMILES string of the molecule is C#CC(=O)c1ccc(OCOc2ccc(C(=O)C#C)cc2)cc1. The van der Waals surface area contributed by atoms with Gasteiger partial charge >= 0.3 is 0 Å². The third-order valence-electron chi connectivity index (χ3n) is 2.95. The zero-order valence-corrected chi connectivity index (χ0v) is 12.1. The lowest BCUT2D eigenvalue weighted by atomic mass is 10.1. The maximum atomic E-state index is 11.3. The largest absolute Gasteiger partial charge is 0.458 e. The summed E-state index contributed by atoms with van der Waals surface area (Å²) in [5.41, 5.74) is 0.851. The van der Waals surface area contributed by atoms with E-state index in [0.29, 0.717) is 22.6 Å². The van der Waals surface area contributed by atoms with Crippen LogP contribution in [0.2, 0.25) is 0 Å². The number of ether oxygens (including phenoxy) is 2. The molecule has 2 aromatic rings. The van der Waals surface area contributed by atoms with Crippen LogP contribution in [0.5, 0.6) is 11.5 Å². The summed E-state index contributed by atoms with van der Waals surface area (Å²) in [6, 6.07) is 12.8. The summed E-state index contributed by atoms with van der Waals surface area (Å²) >= 11 is 0. The van der Waals surface area contributed by atoms with Crippen LogP contribution in [0.15, 0.2) is 48.5 Å². The standard InChI is InChI=1S/C19H12O4/c1-3-18(20)14-5-9-16(10-6-14)22-13-23-17-11-7-15(8-12-17)19(21)4-2/h1-2,5-12H,13H2. The molecule has 0 saturated carbocycles. The molecule has 0 saturated heterocycles.